The molecule has 0 heterocycles. The zero-order valence-electron chi connectivity index (χ0n) is 22.8. The van der Waals surface area contributed by atoms with E-state index in [9.17, 15) is 18.0 Å². The zero-order chi connectivity index (χ0) is 28.6. The topological polar surface area (TPSA) is 86.8 Å². The van der Waals surface area contributed by atoms with Gasteiger partial charge in [0.15, 0.2) is 0 Å². The molecule has 1 unspecified atom stereocenters. The van der Waals surface area contributed by atoms with Crippen LogP contribution < -0.4 is 9.62 Å². The molecule has 0 saturated heterocycles. The summed E-state index contributed by atoms with van der Waals surface area (Å²) < 4.78 is 27.7. The van der Waals surface area contributed by atoms with Gasteiger partial charge >= 0.3 is 0 Å². The fraction of sp³-hybridized carbons (Fsp3) is 0.333. The monoisotopic (exact) mass is 613 g/mol. The second-order valence-corrected chi connectivity index (χ2v) is 12.8. The minimum absolute atomic E-state index is 0.156. The van der Waals surface area contributed by atoms with Gasteiger partial charge in [-0.1, -0.05) is 90.4 Å². The van der Waals surface area contributed by atoms with Crippen LogP contribution >= 0.6 is 15.9 Å². The second kappa shape index (κ2) is 13.8. The Morgan fingerprint density at radius 2 is 1.51 bits per heavy atom. The molecule has 0 bridgehead atoms. The number of hydrogen-bond donors (Lipinski definition) is 1. The zero-order valence-corrected chi connectivity index (χ0v) is 25.2. The van der Waals surface area contributed by atoms with Crippen molar-refractivity contribution >= 4 is 43.5 Å². The van der Waals surface area contributed by atoms with Crippen molar-refractivity contribution in [3.63, 3.8) is 0 Å². The molecule has 0 spiro atoms. The molecule has 0 aliphatic heterocycles. The number of hydrogen-bond acceptors (Lipinski definition) is 4. The van der Waals surface area contributed by atoms with Crippen LogP contribution in [0.4, 0.5) is 5.69 Å². The normalized spacial score (nSPS) is 12.2. The quantitative estimate of drug-likeness (QED) is 0.314. The van der Waals surface area contributed by atoms with Gasteiger partial charge in [0, 0.05) is 24.0 Å². The highest BCUT2D eigenvalue weighted by atomic mass is 79.9. The van der Waals surface area contributed by atoms with Gasteiger partial charge in [0.1, 0.15) is 12.6 Å². The van der Waals surface area contributed by atoms with E-state index >= 15 is 0 Å². The van der Waals surface area contributed by atoms with E-state index < -0.39 is 28.5 Å². The van der Waals surface area contributed by atoms with E-state index in [2.05, 4.69) is 21.2 Å². The first-order valence-electron chi connectivity index (χ1n) is 12.8. The average Bonchev–Trinajstić information content (AvgIpc) is 2.90. The van der Waals surface area contributed by atoms with Gasteiger partial charge in [-0.2, -0.15) is 0 Å². The van der Waals surface area contributed by atoms with Crippen molar-refractivity contribution in [1.82, 2.24) is 10.2 Å². The Morgan fingerprint density at radius 3 is 2.05 bits per heavy atom. The van der Waals surface area contributed by atoms with E-state index in [4.69, 9.17) is 0 Å². The Labute approximate surface area is 240 Å². The lowest BCUT2D eigenvalue weighted by atomic mass is 10.0. The molecule has 0 aromatic heterocycles. The lowest BCUT2D eigenvalue weighted by Gasteiger charge is -2.33. The molecule has 3 rings (SSSR count). The number of amides is 2. The van der Waals surface area contributed by atoms with Crippen molar-refractivity contribution in [2.45, 2.75) is 39.8 Å². The van der Waals surface area contributed by atoms with Crippen LogP contribution in [0.1, 0.15) is 30.5 Å². The van der Waals surface area contributed by atoms with E-state index in [-0.39, 0.29) is 18.4 Å². The largest absolute Gasteiger partial charge is 0.354 e. The number of nitrogens with zero attached hydrogens (tertiary/aromatic N) is 2. The van der Waals surface area contributed by atoms with Gasteiger partial charge in [-0.05, 0) is 47.7 Å². The number of rotatable bonds is 12. The third kappa shape index (κ3) is 8.93. The van der Waals surface area contributed by atoms with Crippen LogP contribution in [0.2, 0.25) is 0 Å². The average molecular weight is 615 g/mol. The van der Waals surface area contributed by atoms with E-state index in [1.165, 1.54) is 4.90 Å². The lowest BCUT2D eigenvalue weighted by molar-refractivity contribution is -0.140. The summed E-state index contributed by atoms with van der Waals surface area (Å²) in [6.07, 6.45) is 1.37. The molecular formula is C30H36BrN3O4S. The third-order valence-electron chi connectivity index (χ3n) is 6.26. The molecule has 1 atom stereocenters. The van der Waals surface area contributed by atoms with Crippen molar-refractivity contribution in [3.05, 3.63) is 100 Å². The van der Waals surface area contributed by atoms with Gasteiger partial charge in [-0.25, -0.2) is 8.42 Å². The Kier molecular flexibility index (Phi) is 10.7. The first-order valence-corrected chi connectivity index (χ1v) is 15.5. The molecule has 39 heavy (non-hydrogen) atoms. The lowest BCUT2D eigenvalue weighted by Crippen LogP contribution is -2.53. The predicted molar refractivity (Wildman–Crippen MR) is 160 cm³/mol. The number of anilines is 1. The van der Waals surface area contributed by atoms with Crippen LogP contribution in [0.3, 0.4) is 0 Å². The predicted octanol–water partition coefficient (Wildman–Crippen LogP) is 4.94. The van der Waals surface area contributed by atoms with E-state index in [1.54, 1.807) is 18.2 Å². The first kappa shape index (κ1) is 30.4. The third-order valence-corrected chi connectivity index (χ3v) is 8.29. The smallest absolute Gasteiger partial charge is 0.244 e. The number of nitrogens with one attached hydrogen (secondary N) is 1. The highest BCUT2D eigenvalue weighted by Gasteiger charge is 2.33. The van der Waals surface area contributed by atoms with Crippen LogP contribution in [0.5, 0.6) is 0 Å². The maximum atomic E-state index is 14.0. The summed E-state index contributed by atoms with van der Waals surface area (Å²) in [6, 6.07) is 23.2. The van der Waals surface area contributed by atoms with Crippen molar-refractivity contribution in [1.29, 1.82) is 0 Å². The van der Waals surface area contributed by atoms with Crippen LogP contribution in [-0.2, 0) is 32.6 Å². The summed E-state index contributed by atoms with van der Waals surface area (Å²) in [5, 5.41) is 2.98. The molecule has 9 heteroatoms. The molecule has 1 N–H and O–H groups in total. The highest BCUT2D eigenvalue weighted by Crippen LogP contribution is 2.25. The number of sulfonamides is 1. The molecule has 2 amide bonds. The molecule has 0 radical (unpaired) electrons. The minimum atomic E-state index is -3.81. The van der Waals surface area contributed by atoms with Crippen LogP contribution in [-0.4, -0.2) is 50.5 Å². The minimum Gasteiger partial charge on any atom is -0.354 e. The molecule has 3 aromatic carbocycles. The summed E-state index contributed by atoms with van der Waals surface area (Å²) in [7, 11) is -3.81. The van der Waals surface area contributed by atoms with Crippen molar-refractivity contribution in [2.24, 2.45) is 5.92 Å². The Morgan fingerprint density at radius 1 is 0.923 bits per heavy atom. The number of carbonyl (C=O) groups is 2. The molecule has 208 valence electrons. The van der Waals surface area contributed by atoms with Gasteiger partial charge in [-0.15, -0.1) is 0 Å². The second-order valence-electron chi connectivity index (χ2n) is 10.1. The molecular weight excluding hydrogens is 578 g/mol. The summed E-state index contributed by atoms with van der Waals surface area (Å²) >= 11 is 3.44. The van der Waals surface area contributed by atoms with Gasteiger partial charge in [0.05, 0.1) is 11.9 Å². The maximum Gasteiger partial charge on any atom is 0.244 e. The Bertz CT molecular complexity index is 1370. The highest BCUT2D eigenvalue weighted by molar-refractivity contribution is 9.10. The molecule has 0 aliphatic rings. The molecule has 0 fully saturated rings. The van der Waals surface area contributed by atoms with E-state index in [1.807, 2.05) is 81.4 Å². The van der Waals surface area contributed by atoms with Gasteiger partial charge in [0.25, 0.3) is 0 Å². The molecule has 7 nitrogen and oxygen atoms in total. The van der Waals surface area contributed by atoms with Crippen LogP contribution in [0, 0.1) is 12.8 Å². The number of carbonyl (C=O) groups excluding carboxylic acids is 2. The summed E-state index contributed by atoms with van der Waals surface area (Å²) in [5.41, 5.74) is 2.96. The van der Waals surface area contributed by atoms with Crippen LogP contribution in [0.15, 0.2) is 83.3 Å². The maximum absolute atomic E-state index is 14.0. The van der Waals surface area contributed by atoms with Gasteiger partial charge < -0.3 is 10.2 Å². The number of halogens is 1. The van der Waals surface area contributed by atoms with E-state index in [0.29, 0.717) is 18.7 Å². The summed E-state index contributed by atoms with van der Waals surface area (Å²) in [4.78, 5) is 29.1. The van der Waals surface area contributed by atoms with Crippen molar-refractivity contribution in [3.8, 4) is 0 Å². The molecule has 0 saturated carbocycles. The fourth-order valence-electron chi connectivity index (χ4n) is 4.15. The van der Waals surface area contributed by atoms with Gasteiger partial charge in [0.2, 0.25) is 21.8 Å². The fourth-order valence-corrected chi connectivity index (χ4v) is 5.24. The first-order chi connectivity index (χ1) is 18.5. The van der Waals surface area contributed by atoms with Gasteiger partial charge in [-0.3, -0.25) is 13.9 Å². The SMILES string of the molecule is Cc1cc(N(CC(=O)N(Cc2ccccc2)C(Cc2ccccc2)C(=O)NCC(C)C)S(C)(=O)=O)ccc1Br. The molecule has 0 aliphatic carbocycles. The molecule has 3 aromatic rings. The standard InChI is InChI=1S/C30H36BrN3O4S/c1-22(2)19-32-30(36)28(18-24-11-7-5-8-12-24)33(20-25-13-9-6-10-14-25)29(35)21-34(39(4,37)38)26-15-16-27(31)23(3)17-26/h5-17,22,28H,18-21H2,1-4H3,(H,32,36). The Balaban J connectivity index is 2.03. The van der Waals surface area contributed by atoms with Crippen LogP contribution in [0.25, 0.3) is 0 Å². The number of benzene rings is 3. The summed E-state index contributed by atoms with van der Waals surface area (Å²) in [6.45, 7) is 6.05. The number of aryl methyl sites for hydroxylation is 1. The van der Waals surface area contributed by atoms with Crippen molar-refractivity contribution in [2.75, 3.05) is 23.7 Å². The van der Waals surface area contributed by atoms with Crippen molar-refractivity contribution < 1.29 is 18.0 Å². The summed E-state index contributed by atoms with van der Waals surface area (Å²) in [5.74, 6) is -0.515. The van der Waals surface area contributed by atoms with E-state index in [0.717, 1.165) is 31.7 Å². The Hall–Kier alpha value is -3.17.